The lowest BCUT2D eigenvalue weighted by molar-refractivity contribution is -0.118. The van der Waals surface area contributed by atoms with Gasteiger partial charge in [-0.2, -0.15) is 0 Å². The van der Waals surface area contributed by atoms with Gasteiger partial charge in [0.05, 0.1) is 0 Å². The van der Waals surface area contributed by atoms with Gasteiger partial charge in [0, 0.05) is 9.26 Å². The van der Waals surface area contributed by atoms with E-state index in [1.165, 1.54) is 0 Å². The van der Waals surface area contributed by atoms with E-state index in [-0.39, 0.29) is 12.5 Å². The van der Waals surface area contributed by atoms with Crippen molar-refractivity contribution in [1.82, 2.24) is 0 Å². The summed E-state index contributed by atoms with van der Waals surface area (Å²) < 4.78 is 6.65. The third kappa shape index (κ3) is 3.96. The molecule has 1 N–H and O–H groups in total. The first-order valence-corrected chi connectivity index (χ1v) is 7.38. The third-order valence-electron chi connectivity index (χ3n) is 3.02. The molecule has 2 aromatic carbocycles. The van der Waals surface area contributed by atoms with E-state index in [0.717, 1.165) is 26.1 Å². The summed E-state index contributed by atoms with van der Waals surface area (Å²) >= 11 is 2.21. The van der Waals surface area contributed by atoms with Crippen molar-refractivity contribution in [3.63, 3.8) is 0 Å². The van der Waals surface area contributed by atoms with Gasteiger partial charge in [-0.1, -0.05) is 18.2 Å². The maximum Gasteiger partial charge on any atom is 0.262 e. The summed E-state index contributed by atoms with van der Waals surface area (Å²) in [5.41, 5.74) is 3.00. The first kappa shape index (κ1) is 14.8. The van der Waals surface area contributed by atoms with Gasteiger partial charge >= 0.3 is 0 Å². The Morgan fingerprint density at radius 1 is 1.20 bits per heavy atom. The zero-order valence-electron chi connectivity index (χ0n) is 11.4. The van der Waals surface area contributed by atoms with Crippen LogP contribution < -0.4 is 10.1 Å². The Bertz CT molecular complexity index is 626. The number of hydrogen-bond acceptors (Lipinski definition) is 2. The third-order valence-corrected chi connectivity index (χ3v) is 3.69. The molecule has 2 rings (SSSR count). The maximum atomic E-state index is 11.9. The van der Waals surface area contributed by atoms with Crippen molar-refractivity contribution in [1.29, 1.82) is 0 Å². The van der Waals surface area contributed by atoms with Crippen LogP contribution in [0.15, 0.2) is 42.5 Å². The molecule has 2 aromatic rings. The minimum atomic E-state index is -0.159. The number of amides is 1. The normalized spacial score (nSPS) is 10.2. The first-order chi connectivity index (χ1) is 9.56. The topological polar surface area (TPSA) is 38.3 Å². The molecule has 0 radical (unpaired) electrons. The zero-order chi connectivity index (χ0) is 14.5. The van der Waals surface area contributed by atoms with Gasteiger partial charge in [-0.3, -0.25) is 4.79 Å². The zero-order valence-corrected chi connectivity index (χ0v) is 13.6. The number of carbonyl (C=O) groups excluding carboxylic acids is 1. The Morgan fingerprint density at radius 2 is 1.95 bits per heavy atom. The van der Waals surface area contributed by atoms with Crippen LogP contribution in [0.25, 0.3) is 0 Å². The lowest BCUT2D eigenvalue weighted by Gasteiger charge is -2.11. The molecule has 4 heteroatoms. The van der Waals surface area contributed by atoms with E-state index in [9.17, 15) is 4.79 Å². The van der Waals surface area contributed by atoms with Gasteiger partial charge in [-0.25, -0.2) is 0 Å². The van der Waals surface area contributed by atoms with Gasteiger partial charge in [-0.15, -0.1) is 0 Å². The second-order valence-corrected chi connectivity index (χ2v) is 5.79. The molecule has 104 valence electrons. The van der Waals surface area contributed by atoms with Crippen molar-refractivity contribution >= 4 is 34.2 Å². The van der Waals surface area contributed by atoms with Crippen LogP contribution in [0.1, 0.15) is 11.1 Å². The van der Waals surface area contributed by atoms with E-state index in [2.05, 4.69) is 27.9 Å². The molecule has 0 saturated carbocycles. The summed E-state index contributed by atoms with van der Waals surface area (Å²) in [6.07, 6.45) is 0. The summed E-state index contributed by atoms with van der Waals surface area (Å²) in [5, 5.41) is 2.82. The summed E-state index contributed by atoms with van der Waals surface area (Å²) in [4.78, 5) is 11.9. The maximum absolute atomic E-state index is 11.9. The van der Waals surface area contributed by atoms with Crippen LogP contribution >= 0.6 is 22.6 Å². The highest BCUT2D eigenvalue weighted by molar-refractivity contribution is 14.1. The van der Waals surface area contributed by atoms with Gasteiger partial charge in [0.15, 0.2) is 6.61 Å². The quantitative estimate of drug-likeness (QED) is 0.816. The Balaban J connectivity index is 1.94. The molecule has 0 aliphatic heterocycles. The van der Waals surface area contributed by atoms with Crippen LogP contribution in [0.3, 0.4) is 0 Å². The van der Waals surface area contributed by atoms with Crippen molar-refractivity contribution in [2.45, 2.75) is 13.8 Å². The summed E-state index contributed by atoms with van der Waals surface area (Å²) in [6.45, 7) is 4.02. The Hall–Kier alpha value is -1.56. The van der Waals surface area contributed by atoms with E-state index in [1.54, 1.807) is 0 Å². The lowest BCUT2D eigenvalue weighted by Crippen LogP contribution is -2.20. The molecule has 0 aromatic heterocycles. The molecule has 1 amide bonds. The van der Waals surface area contributed by atoms with E-state index in [0.29, 0.717) is 0 Å². The highest BCUT2D eigenvalue weighted by Crippen LogP contribution is 2.20. The minimum absolute atomic E-state index is 0.00969. The molecule has 0 aliphatic carbocycles. The average molecular weight is 381 g/mol. The smallest absolute Gasteiger partial charge is 0.262 e. The van der Waals surface area contributed by atoms with Crippen LogP contribution in [0, 0.1) is 17.4 Å². The number of rotatable bonds is 4. The fraction of sp³-hybridized carbons (Fsp3) is 0.188. The van der Waals surface area contributed by atoms with Crippen molar-refractivity contribution in [2.75, 3.05) is 11.9 Å². The predicted molar refractivity (Wildman–Crippen MR) is 89.2 cm³/mol. The Kier molecular flexibility index (Phi) is 5.00. The largest absolute Gasteiger partial charge is 0.483 e. The number of aryl methyl sites for hydroxylation is 1. The van der Waals surface area contributed by atoms with E-state index < -0.39 is 0 Å². The fourth-order valence-corrected chi connectivity index (χ4v) is 2.33. The Labute approximate surface area is 132 Å². The predicted octanol–water partition coefficient (Wildman–Crippen LogP) is 3.93. The first-order valence-electron chi connectivity index (χ1n) is 6.30. The van der Waals surface area contributed by atoms with Gasteiger partial charge in [0.1, 0.15) is 5.75 Å². The van der Waals surface area contributed by atoms with Crippen LogP contribution in [0.4, 0.5) is 5.69 Å². The van der Waals surface area contributed by atoms with E-state index in [1.807, 2.05) is 56.3 Å². The van der Waals surface area contributed by atoms with Gasteiger partial charge < -0.3 is 10.1 Å². The second kappa shape index (κ2) is 6.74. The van der Waals surface area contributed by atoms with Crippen molar-refractivity contribution in [3.05, 3.63) is 57.2 Å². The minimum Gasteiger partial charge on any atom is -0.483 e. The molecule has 0 heterocycles. The molecule has 0 fully saturated rings. The number of nitrogens with one attached hydrogen (secondary N) is 1. The summed E-state index contributed by atoms with van der Waals surface area (Å²) in [5.74, 6) is 0.593. The number of anilines is 1. The molecule has 0 unspecified atom stereocenters. The van der Waals surface area contributed by atoms with Crippen molar-refractivity contribution in [3.8, 4) is 5.75 Å². The van der Waals surface area contributed by atoms with Gasteiger partial charge in [0.2, 0.25) is 0 Å². The number of carbonyl (C=O) groups is 1. The lowest BCUT2D eigenvalue weighted by atomic mass is 10.1. The number of ether oxygens (including phenoxy) is 1. The molecule has 0 bridgehead atoms. The van der Waals surface area contributed by atoms with Crippen LogP contribution in [0.5, 0.6) is 5.75 Å². The molecular formula is C16H16INO2. The standard InChI is InChI=1S/C16H16INO2/c1-11-5-3-8-15(12(11)2)20-10-16(19)18-14-7-4-6-13(17)9-14/h3-9H,10H2,1-2H3,(H,18,19). The molecule has 3 nitrogen and oxygen atoms in total. The molecule has 20 heavy (non-hydrogen) atoms. The van der Waals surface area contributed by atoms with E-state index >= 15 is 0 Å². The fourth-order valence-electron chi connectivity index (χ4n) is 1.79. The van der Waals surface area contributed by atoms with Gasteiger partial charge in [-0.05, 0) is 71.8 Å². The van der Waals surface area contributed by atoms with Crippen LogP contribution in [0.2, 0.25) is 0 Å². The summed E-state index contributed by atoms with van der Waals surface area (Å²) in [6, 6.07) is 13.5. The molecular weight excluding hydrogens is 365 g/mol. The highest BCUT2D eigenvalue weighted by Gasteiger charge is 2.06. The van der Waals surface area contributed by atoms with Crippen molar-refractivity contribution < 1.29 is 9.53 Å². The Morgan fingerprint density at radius 3 is 2.70 bits per heavy atom. The summed E-state index contributed by atoms with van der Waals surface area (Å²) in [7, 11) is 0. The molecule has 0 saturated heterocycles. The van der Waals surface area contributed by atoms with Crippen molar-refractivity contribution in [2.24, 2.45) is 0 Å². The number of hydrogen-bond donors (Lipinski definition) is 1. The molecule has 0 aliphatic rings. The number of benzene rings is 2. The second-order valence-electron chi connectivity index (χ2n) is 4.55. The highest BCUT2D eigenvalue weighted by atomic mass is 127. The molecule has 0 spiro atoms. The average Bonchev–Trinajstić information content (AvgIpc) is 2.40. The van der Waals surface area contributed by atoms with Crippen LogP contribution in [-0.2, 0) is 4.79 Å². The van der Waals surface area contributed by atoms with Crippen LogP contribution in [-0.4, -0.2) is 12.5 Å². The van der Waals surface area contributed by atoms with E-state index in [4.69, 9.17) is 4.74 Å². The van der Waals surface area contributed by atoms with Gasteiger partial charge in [0.25, 0.3) is 5.91 Å². The number of halogens is 1. The monoisotopic (exact) mass is 381 g/mol. The molecule has 0 atom stereocenters. The SMILES string of the molecule is Cc1cccc(OCC(=O)Nc2cccc(I)c2)c1C.